The standard InChI is InChI=1S/C15H22ClNO3S/c1-6-9(2)11(14(19)20-15(3,4)5)17-13(18)12-10(16)7-8-21-12/h7-9,11H,6H2,1-5H3,(H,17,18)/t9-,11-/m0/s1. The zero-order valence-electron chi connectivity index (χ0n) is 13.0. The van der Waals surface area contributed by atoms with Gasteiger partial charge in [-0.25, -0.2) is 4.79 Å². The number of ether oxygens (including phenoxy) is 1. The van der Waals surface area contributed by atoms with Crippen LogP contribution in [0.4, 0.5) is 0 Å². The fourth-order valence-electron chi connectivity index (χ4n) is 1.70. The zero-order valence-corrected chi connectivity index (χ0v) is 14.6. The van der Waals surface area contributed by atoms with Crippen molar-refractivity contribution in [2.75, 3.05) is 0 Å². The first kappa shape index (κ1) is 18.0. The van der Waals surface area contributed by atoms with Crippen LogP contribution < -0.4 is 5.32 Å². The van der Waals surface area contributed by atoms with Gasteiger partial charge < -0.3 is 10.1 Å². The van der Waals surface area contributed by atoms with E-state index in [-0.39, 0.29) is 11.8 Å². The van der Waals surface area contributed by atoms with Crippen LogP contribution in [0.3, 0.4) is 0 Å². The zero-order chi connectivity index (χ0) is 16.2. The Kier molecular flexibility index (Phi) is 6.23. The second-order valence-electron chi connectivity index (χ2n) is 5.97. The Balaban J connectivity index is 2.87. The van der Waals surface area contributed by atoms with Gasteiger partial charge in [-0.05, 0) is 38.1 Å². The molecule has 0 radical (unpaired) electrons. The second kappa shape index (κ2) is 7.27. The number of halogens is 1. The van der Waals surface area contributed by atoms with Crippen LogP contribution in [0.1, 0.15) is 50.7 Å². The van der Waals surface area contributed by atoms with Crippen LogP contribution in [0.5, 0.6) is 0 Å². The summed E-state index contributed by atoms with van der Waals surface area (Å²) < 4.78 is 5.39. The topological polar surface area (TPSA) is 55.4 Å². The number of thiophene rings is 1. The third kappa shape index (κ3) is 5.32. The third-order valence-corrected chi connectivity index (χ3v) is 4.32. The number of hydrogen-bond donors (Lipinski definition) is 1. The molecule has 21 heavy (non-hydrogen) atoms. The Hall–Kier alpha value is -1.07. The van der Waals surface area contributed by atoms with E-state index < -0.39 is 17.6 Å². The SMILES string of the molecule is CC[C@H](C)[C@H](NC(=O)c1sccc1Cl)C(=O)OC(C)(C)C. The van der Waals surface area contributed by atoms with Gasteiger partial charge in [-0.1, -0.05) is 31.9 Å². The molecule has 118 valence electrons. The molecule has 0 bridgehead atoms. The van der Waals surface area contributed by atoms with Crippen LogP contribution in [0.2, 0.25) is 5.02 Å². The summed E-state index contributed by atoms with van der Waals surface area (Å²) in [6.45, 7) is 9.28. The van der Waals surface area contributed by atoms with Gasteiger partial charge in [0, 0.05) is 0 Å². The molecular formula is C15H22ClNO3S. The minimum atomic E-state index is -0.681. The van der Waals surface area contributed by atoms with Gasteiger partial charge in [0.05, 0.1) is 5.02 Å². The fraction of sp³-hybridized carbons (Fsp3) is 0.600. The van der Waals surface area contributed by atoms with Crippen LogP contribution >= 0.6 is 22.9 Å². The highest BCUT2D eigenvalue weighted by molar-refractivity contribution is 7.12. The van der Waals surface area contributed by atoms with Gasteiger partial charge in [-0.2, -0.15) is 0 Å². The number of esters is 1. The van der Waals surface area contributed by atoms with Gasteiger partial charge in [0.15, 0.2) is 0 Å². The molecule has 1 amide bonds. The molecule has 1 heterocycles. The monoisotopic (exact) mass is 331 g/mol. The molecule has 0 fully saturated rings. The Morgan fingerprint density at radius 2 is 2.05 bits per heavy atom. The van der Waals surface area contributed by atoms with Crippen molar-refractivity contribution in [3.63, 3.8) is 0 Å². The number of carbonyl (C=O) groups is 2. The van der Waals surface area contributed by atoms with Gasteiger partial charge >= 0.3 is 5.97 Å². The molecule has 1 N–H and O–H groups in total. The predicted molar refractivity (Wildman–Crippen MR) is 85.9 cm³/mol. The molecular weight excluding hydrogens is 310 g/mol. The lowest BCUT2D eigenvalue weighted by Gasteiger charge is -2.27. The summed E-state index contributed by atoms with van der Waals surface area (Å²) in [5.74, 6) is -0.786. The molecule has 0 aliphatic carbocycles. The molecule has 1 aromatic heterocycles. The summed E-state index contributed by atoms with van der Waals surface area (Å²) in [4.78, 5) is 24.9. The second-order valence-corrected chi connectivity index (χ2v) is 7.29. The molecule has 0 aliphatic rings. The molecule has 2 atom stereocenters. The van der Waals surface area contributed by atoms with Crippen molar-refractivity contribution in [3.05, 3.63) is 21.3 Å². The molecule has 1 rings (SSSR count). The lowest BCUT2D eigenvalue weighted by molar-refractivity contribution is -0.158. The molecule has 0 spiro atoms. The van der Waals surface area contributed by atoms with Gasteiger partial charge in [0.2, 0.25) is 0 Å². The molecule has 1 aromatic rings. The van der Waals surface area contributed by atoms with Crippen LogP contribution in [-0.4, -0.2) is 23.5 Å². The van der Waals surface area contributed by atoms with Gasteiger partial charge in [-0.15, -0.1) is 11.3 Å². The highest BCUT2D eigenvalue weighted by Crippen LogP contribution is 2.23. The normalized spacial score (nSPS) is 14.4. The largest absolute Gasteiger partial charge is 0.458 e. The number of hydrogen-bond acceptors (Lipinski definition) is 4. The van der Waals surface area contributed by atoms with Crippen LogP contribution in [0.25, 0.3) is 0 Å². The first-order valence-corrected chi connectivity index (χ1v) is 8.18. The van der Waals surface area contributed by atoms with E-state index in [0.717, 1.165) is 6.42 Å². The van der Waals surface area contributed by atoms with Crippen molar-refractivity contribution in [1.29, 1.82) is 0 Å². The van der Waals surface area contributed by atoms with E-state index in [1.165, 1.54) is 11.3 Å². The molecule has 0 aliphatic heterocycles. The van der Waals surface area contributed by atoms with Gasteiger partial charge in [-0.3, -0.25) is 4.79 Å². The van der Waals surface area contributed by atoms with Crippen molar-refractivity contribution in [3.8, 4) is 0 Å². The van der Waals surface area contributed by atoms with Crippen molar-refractivity contribution in [2.24, 2.45) is 5.92 Å². The van der Waals surface area contributed by atoms with E-state index in [2.05, 4.69) is 5.32 Å². The van der Waals surface area contributed by atoms with E-state index in [1.54, 1.807) is 32.2 Å². The predicted octanol–water partition coefficient (Wildman–Crippen LogP) is 3.89. The minimum absolute atomic E-state index is 0.0254. The minimum Gasteiger partial charge on any atom is -0.458 e. The average molecular weight is 332 g/mol. The van der Waals surface area contributed by atoms with Gasteiger partial charge in [0.1, 0.15) is 16.5 Å². The van der Waals surface area contributed by atoms with Crippen molar-refractivity contribution in [1.82, 2.24) is 5.32 Å². The summed E-state index contributed by atoms with van der Waals surface area (Å²) in [5, 5.41) is 4.88. The summed E-state index contributed by atoms with van der Waals surface area (Å²) in [6, 6.07) is 0.979. The maximum atomic E-state index is 12.3. The Morgan fingerprint density at radius 1 is 1.43 bits per heavy atom. The van der Waals surface area contributed by atoms with Crippen LogP contribution in [0, 0.1) is 5.92 Å². The van der Waals surface area contributed by atoms with E-state index in [9.17, 15) is 9.59 Å². The number of carbonyl (C=O) groups excluding carboxylic acids is 2. The number of amides is 1. The lowest BCUT2D eigenvalue weighted by Crippen LogP contribution is -2.47. The molecule has 0 aromatic carbocycles. The average Bonchev–Trinajstić information content (AvgIpc) is 2.78. The molecule has 4 nitrogen and oxygen atoms in total. The molecule has 6 heteroatoms. The summed E-state index contributed by atoms with van der Waals surface area (Å²) in [5.41, 5.74) is -0.589. The Labute approximate surface area is 134 Å². The van der Waals surface area contributed by atoms with E-state index in [4.69, 9.17) is 16.3 Å². The van der Waals surface area contributed by atoms with E-state index in [1.807, 2.05) is 13.8 Å². The Bertz CT molecular complexity index is 507. The Morgan fingerprint density at radius 3 is 2.48 bits per heavy atom. The van der Waals surface area contributed by atoms with Crippen molar-refractivity contribution >= 4 is 34.8 Å². The van der Waals surface area contributed by atoms with E-state index in [0.29, 0.717) is 9.90 Å². The maximum absolute atomic E-state index is 12.3. The summed E-state index contributed by atoms with van der Waals surface area (Å²) in [6.07, 6.45) is 0.752. The summed E-state index contributed by atoms with van der Waals surface area (Å²) >= 11 is 7.20. The van der Waals surface area contributed by atoms with Crippen LogP contribution in [0.15, 0.2) is 11.4 Å². The molecule has 0 saturated carbocycles. The first-order valence-electron chi connectivity index (χ1n) is 6.92. The van der Waals surface area contributed by atoms with E-state index >= 15 is 0 Å². The number of nitrogens with one attached hydrogen (secondary N) is 1. The highest BCUT2D eigenvalue weighted by atomic mass is 35.5. The van der Waals surface area contributed by atoms with Gasteiger partial charge in [0.25, 0.3) is 5.91 Å². The third-order valence-electron chi connectivity index (χ3n) is 2.98. The molecule has 0 unspecified atom stereocenters. The lowest BCUT2D eigenvalue weighted by atomic mass is 9.99. The van der Waals surface area contributed by atoms with Crippen molar-refractivity contribution in [2.45, 2.75) is 52.7 Å². The number of rotatable bonds is 5. The summed E-state index contributed by atoms with van der Waals surface area (Å²) in [7, 11) is 0. The smallest absolute Gasteiger partial charge is 0.329 e. The van der Waals surface area contributed by atoms with Crippen molar-refractivity contribution < 1.29 is 14.3 Å². The van der Waals surface area contributed by atoms with Crippen LogP contribution in [-0.2, 0) is 9.53 Å². The quantitative estimate of drug-likeness (QED) is 0.833. The fourth-order valence-corrected chi connectivity index (χ4v) is 2.74. The maximum Gasteiger partial charge on any atom is 0.329 e. The first-order chi connectivity index (χ1) is 9.65. The molecule has 0 saturated heterocycles. The highest BCUT2D eigenvalue weighted by Gasteiger charge is 2.31.